The maximum atomic E-state index is 5.60. The first-order valence-electron chi connectivity index (χ1n) is 5.49. The van der Waals surface area contributed by atoms with E-state index >= 15 is 0 Å². The zero-order chi connectivity index (χ0) is 13.0. The minimum absolute atomic E-state index is 0.167. The maximum absolute atomic E-state index is 5.60. The van der Waals surface area contributed by atoms with Crippen molar-refractivity contribution in [1.82, 2.24) is 15.0 Å². The lowest BCUT2D eigenvalue weighted by atomic mass is 10.4. The van der Waals surface area contributed by atoms with Crippen LogP contribution in [0.2, 0.25) is 0 Å². The first-order valence-corrected chi connectivity index (χ1v) is 6.37. The van der Waals surface area contributed by atoms with Crippen LogP contribution >= 0.6 is 11.3 Å². The van der Waals surface area contributed by atoms with Gasteiger partial charge < -0.3 is 15.4 Å². The number of hydrogen-bond donors (Lipinski definition) is 1. The van der Waals surface area contributed by atoms with E-state index in [2.05, 4.69) is 21.0 Å². The average molecular weight is 265 g/mol. The van der Waals surface area contributed by atoms with Crippen LogP contribution in [0.4, 0.5) is 11.9 Å². The highest BCUT2D eigenvalue weighted by molar-refractivity contribution is 7.09. The molecule has 0 aliphatic heterocycles. The number of nitrogens with two attached hydrogens (primary N) is 1. The van der Waals surface area contributed by atoms with Crippen molar-refractivity contribution in [2.24, 2.45) is 0 Å². The Morgan fingerprint density at radius 3 is 2.83 bits per heavy atom. The molecule has 0 spiro atoms. The minimum atomic E-state index is 0.167. The van der Waals surface area contributed by atoms with Crippen molar-refractivity contribution in [3.05, 3.63) is 22.4 Å². The standard InChI is InChI=1S/C11H15N5OS/c1-16(2)10-13-9(12)14-11(15-10)17-6-5-8-4-3-7-18-8/h3-4,7H,5-6H2,1-2H3,(H2,12,13,14,15). The van der Waals surface area contributed by atoms with E-state index in [4.69, 9.17) is 10.5 Å². The third-order valence-electron chi connectivity index (χ3n) is 2.18. The average Bonchev–Trinajstić information content (AvgIpc) is 2.81. The van der Waals surface area contributed by atoms with Gasteiger partial charge in [-0.05, 0) is 11.4 Å². The van der Waals surface area contributed by atoms with Crippen molar-refractivity contribution >= 4 is 23.2 Å². The quantitative estimate of drug-likeness (QED) is 0.875. The Morgan fingerprint density at radius 2 is 2.17 bits per heavy atom. The van der Waals surface area contributed by atoms with Crippen molar-refractivity contribution in [3.8, 4) is 6.01 Å². The fourth-order valence-corrected chi connectivity index (χ4v) is 2.01. The molecule has 0 fully saturated rings. The Kier molecular flexibility index (Phi) is 3.93. The van der Waals surface area contributed by atoms with Crippen LogP contribution in [0, 0.1) is 0 Å². The first kappa shape index (κ1) is 12.6. The molecule has 2 heterocycles. The summed E-state index contributed by atoms with van der Waals surface area (Å²) < 4.78 is 5.49. The smallest absolute Gasteiger partial charge is 0.323 e. The van der Waals surface area contributed by atoms with Crippen LogP contribution in [-0.2, 0) is 6.42 Å². The summed E-state index contributed by atoms with van der Waals surface area (Å²) >= 11 is 1.70. The van der Waals surface area contributed by atoms with Gasteiger partial charge in [0.15, 0.2) is 0 Å². The molecule has 0 saturated carbocycles. The molecule has 0 radical (unpaired) electrons. The highest BCUT2D eigenvalue weighted by Crippen LogP contribution is 2.13. The van der Waals surface area contributed by atoms with Crippen molar-refractivity contribution in [1.29, 1.82) is 0 Å². The van der Waals surface area contributed by atoms with Gasteiger partial charge in [0, 0.05) is 25.4 Å². The molecule has 2 aromatic heterocycles. The van der Waals surface area contributed by atoms with E-state index in [1.54, 1.807) is 16.2 Å². The van der Waals surface area contributed by atoms with Crippen LogP contribution in [0.15, 0.2) is 17.5 Å². The summed E-state index contributed by atoms with van der Waals surface area (Å²) in [6, 6.07) is 4.36. The molecule has 2 rings (SSSR count). The van der Waals surface area contributed by atoms with Gasteiger partial charge in [-0.2, -0.15) is 15.0 Å². The van der Waals surface area contributed by atoms with Gasteiger partial charge in [-0.3, -0.25) is 0 Å². The summed E-state index contributed by atoms with van der Waals surface area (Å²) in [6.45, 7) is 0.525. The summed E-state index contributed by atoms with van der Waals surface area (Å²) in [4.78, 5) is 15.1. The predicted molar refractivity (Wildman–Crippen MR) is 72.1 cm³/mol. The molecule has 0 aliphatic carbocycles. The van der Waals surface area contributed by atoms with Crippen LogP contribution in [0.25, 0.3) is 0 Å². The molecule has 0 atom stereocenters. The monoisotopic (exact) mass is 265 g/mol. The van der Waals surface area contributed by atoms with Crippen molar-refractivity contribution in [2.45, 2.75) is 6.42 Å². The van der Waals surface area contributed by atoms with Gasteiger partial charge >= 0.3 is 6.01 Å². The van der Waals surface area contributed by atoms with Crippen LogP contribution in [0.5, 0.6) is 6.01 Å². The van der Waals surface area contributed by atoms with E-state index in [1.165, 1.54) is 4.88 Å². The number of nitrogens with zero attached hydrogens (tertiary/aromatic N) is 4. The molecule has 0 saturated heterocycles. The van der Waals surface area contributed by atoms with Crippen LogP contribution in [0.1, 0.15) is 4.88 Å². The van der Waals surface area contributed by atoms with E-state index in [-0.39, 0.29) is 12.0 Å². The third-order valence-corrected chi connectivity index (χ3v) is 3.12. The molecule has 0 bridgehead atoms. The molecule has 7 heteroatoms. The van der Waals surface area contributed by atoms with Crippen LogP contribution in [-0.4, -0.2) is 35.7 Å². The molecular formula is C11H15N5OS. The Balaban J connectivity index is 1.96. The molecule has 18 heavy (non-hydrogen) atoms. The summed E-state index contributed by atoms with van der Waals surface area (Å²) in [6.07, 6.45) is 0.834. The molecule has 0 aliphatic rings. The normalized spacial score (nSPS) is 10.3. The number of rotatable bonds is 5. The minimum Gasteiger partial charge on any atom is -0.463 e. The molecule has 0 aromatic carbocycles. The molecule has 0 unspecified atom stereocenters. The zero-order valence-electron chi connectivity index (χ0n) is 10.3. The molecule has 0 amide bonds. The molecule has 6 nitrogen and oxygen atoms in total. The van der Waals surface area contributed by atoms with E-state index in [0.29, 0.717) is 12.6 Å². The van der Waals surface area contributed by atoms with Gasteiger partial charge in [0.05, 0.1) is 6.61 Å². The Hall–Kier alpha value is -1.89. The number of anilines is 2. The molecule has 2 aromatic rings. The van der Waals surface area contributed by atoms with Gasteiger partial charge in [0.1, 0.15) is 0 Å². The van der Waals surface area contributed by atoms with E-state index in [0.717, 1.165) is 6.42 Å². The van der Waals surface area contributed by atoms with Crippen molar-refractivity contribution in [2.75, 3.05) is 31.3 Å². The predicted octanol–water partition coefficient (Wildman–Crippen LogP) is 1.20. The van der Waals surface area contributed by atoms with Gasteiger partial charge in [-0.15, -0.1) is 11.3 Å². The molecule has 2 N–H and O–H groups in total. The fraction of sp³-hybridized carbons (Fsp3) is 0.364. The number of hydrogen-bond acceptors (Lipinski definition) is 7. The van der Waals surface area contributed by atoms with Crippen LogP contribution in [0.3, 0.4) is 0 Å². The first-order chi connectivity index (χ1) is 8.65. The highest BCUT2D eigenvalue weighted by atomic mass is 32.1. The number of nitrogen functional groups attached to an aromatic ring is 1. The Labute approximate surface area is 109 Å². The van der Waals surface area contributed by atoms with E-state index < -0.39 is 0 Å². The number of thiophene rings is 1. The molecule has 96 valence electrons. The van der Waals surface area contributed by atoms with Crippen molar-refractivity contribution < 1.29 is 4.74 Å². The number of ether oxygens (including phenoxy) is 1. The Bertz CT molecular complexity index is 500. The van der Waals surface area contributed by atoms with Gasteiger partial charge in [-0.25, -0.2) is 0 Å². The zero-order valence-corrected chi connectivity index (χ0v) is 11.1. The lowest BCUT2D eigenvalue weighted by Gasteiger charge is -2.11. The SMILES string of the molecule is CN(C)c1nc(N)nc(OCCc2cccs2)n1. The molecular weight excluding hydrogens is 250 g/mol. The second kappa shape index (κ2) is 5.63. The van der Waals surface area contributed by atoms with Crippen molar-refractivity contribution in [3.63, 3.8) is 0 Å². The van der Waals surface area contributed by atoms with Gasteiger partial charge in [-0.1, -0.05) is 6.07 Å². The van der Waals surface area contributed by atoms with E-state index in [9.17, 15) is 0 Å². The maximum Gasteiger partial charge on any atom is 0.323 e. The summed E-state index contributed by atoms with van der Waals surface area (Å²) in [5.41, 5.74) is 5.60. The van der Waals surface area contributed by atoms with Gasteiger partial charge in [0.2, 0.25) is 11.9 Å². The van der Waals surface area contributed by atoms with Crippen LogP contribution < -0.4 is 15.4 Å². The number of aromatic nitrogens is 3. The second-order valence-electron chi connectivity index (χ2n) is 3.85. The largest absolute Gasteiger partial charge is 0.463 e. The summed E-state index contributed by atoms with van der Waals surface area (Å²) in [7, 11) is 3.68. The lowest BCUT2D eigenvalue weighted by Crippen LogP contribution is -2.16. The lowest BCUT2D eigenvalue weighted by molar-refractivity contribution is 0.297. The third kappa shape index (κ3) is 3.30. The summed E-state index contributed by atoms with van der Waals surface area (Å²) in [5.74, 6) is 0.661. The van der Waals surface area contributed by atoms with E-state index in [1.807, 2.05) is 25.5 Å². The van der Waals surface area contributed by atoms with Gasteiger partial charge in [0.25, 0.3) is 0 Å². The summed E-state index contributed by atoms with van der Waals surface area (Å²) in [5, 5.41) is 2.04. The Morgan fingerprint density at radius 1 is 1.33 bits per heavy atom. The highest BCUT2D eigenvalue weighted by Gasteiger charge is 2.07. The second-order valence-corrected chi connectivity index (χ2v) is 4.88. The topological polar surface area (TPSA) is 77.2 Å². The fourth-order valence-electron chi connectivity index (χ4n) is 1.32.